The molecule has 0 radical (unpaired) electrons. The third kappa shape index (κ3) is 2.81. The van der Waals surface area contributed by atoms with Crippen molar-refractivity contribution in [2.75, 3.05) is 11.1 Å². The minimum absolute atomic E-state index is 0.225. The van der Waals surface area contributed by atoms with Gasteiger partial charge in [0.25, 0.3) is 0 Å². The number of anilines is 1. The SMILES string of the molecule is C=CCSc1nnc(-c2nonc2NC(C)=O)n1C. The molecule has 2 heterocycles. The molecule has 100 valence electrons. The molecule has 1 amide bonds. The molecule has 2 aromatic heterocycles. The van der Waals surface area contributed by atoms with Crippen molar-refractivity contribution in [1.29, 1.82) is 0 Å². The third-order valence-corrected chi connectivity index (χ3v) is 3.18. The summed E-state index contributed by atoms with van der Waals surface area (Å²) in [5.74, 6) is 1.15. The molecule has 0 aliphatic heterocycles. The van der Waals surface area contributed by atoms with Gasteiger partial charge in [-0.3, -0.25) is 4.79 Å². The van der Waals surface area contributed by atoms with Crippen molar-refractivity contribution in [2.45, 2.75) is 12.1 Å². The number of nitrogens with zero attached hydrogens (tertiary/aromatic N) is 5. The molecule has 19 heavy (non-hydrogen) atoms. The van der Waals surface area contributed by atoms with Crippen LogP contribution in [0.4, 0.5) is 5.82 Å². The van der Waals surface area contributed by atoms with Gasteiger partial charge in [0.05, 0.1) is 0 Å². The van der Waals surface area contributed by atoms with Gasteiger partial charge in [0.1, 0.15) is 0 Å². The first-order valence-corrected chi connectivity index (χ1v) is 6.35. The quantitative estimate of drug-likeness (QED) is 0.646. The third-order valence-electron chi connectivity index (χ3n) is 2.16. The van der Waals surface area contributed by atoms with Crippen molar-refractivity contribution in [3.63, 3.8) is 0 Å². The first-order valence-electron chi connectivity index (χ1n) is 5.37. The first kappa shape index (κ1) is 13.3. The number of hydrogen-bond acceptors (Lipinski definition) is 7. The van der Waals surface area contributed by atoms with Crippen LogP contribution in [0.15, 0.2) is 22.4 Å². The zero-order chi connectivity index (χ0) is 13.8. The molecule has 0 spiro atoms. The summed E-state index contributed by atoms with van der Waals surface area (Å²) in [6, 6.07) is 0. The van der Waals surface area contributed by atoms with Gasteiger partial charge in [-0.1, -0.05) is 17.8 Å². The van der Waals surface area contributed by atoms with E-state index in [2.05, 4.69) is 37.0 Å². The largest absolute Gasteiger partial charge is 0.306 e. The first-order chi connectivity index (χ1) is 9.13. The Hall–Kier alpha value is -2.16. The maximum atomic E-state index is 11.0. The number of hydrogen-bond donors (Lipinski definition) is 1. The second-order valence-electron chi connectivity index (χ2n) is 3.61. The van der Waals surface area contributed by atoms with E-state index in [9.17, 15) is 4.79 Å². The summed E-state index contributed by atoms with van der Waals surface area (Å²) in [5.41, 5.74) is 0.343. The molecule has 1 N–H and O–H groups in total. The van der Waals surface area contributed by atoms with Gasteiger partial charge in [0, 0.05) is 19.7 Å². The van der Waals surface area contributed by atoms with Gasteiger partial charge in [0.15, 0.2) is 16.7 Å². The number of rotatable bonds is 5. The van der Waals surface area contributed by atoms with Gasteiger partial charge in [-0.2, -0.15) is 0 Å². The highest BCUT2D eigenvalue weighted by atomic mass is 32.2. The maximum Gasteiger partial charge on any atom is 0.222 e. The van der Waals surface area contributed by atoms with Crippen LogP contribution in [0.25, 0.3) is 11.5 Å². The molecular weight excluding hydrogens is 268 g/mol. The fraction of sp³-hybridized carbons (Fsp3) is 0.300. The van der Waals surface area contributed by atoms with Crippen LogP contribution >= 0.6 is 11.8 Å². The molecule has 0 aliphatic rings. The Labute approximate surface area is 113 Å². The van der Waals surface area contributed by atoms with Gasteiger partial charge in [-0.15, -0.1) is 16.8 Å². The number of aromatic nitrogens is 5. The lowest BCUT2D eigenvalue weighted by molar-refractivity contribution is -0.114. The maximum absolute atomic E-state index is 11.0. The Balaban J connectivity index is 2.32. The zero-order valence-electron chi connectivity index (χ0n) is 10.5. The molecular formula is C10H12N6O2S. The molecule has 0 saturated carbocycles. The van der Waals surface area contributed by atoms with Crippen LogP contribution in [0.2, 0.25) is 0 Å². The minimum atomic E-state index is -0.264. The van der Waals surface area contributed by atoms with E-state index in [-0.39, 0.29) is 11.7 Å². The lowest BCUT2D eigenvalue weighted by Gasteiger charge is -2.01. The summed E-state index contributed by atoms with van der Waals surface area (Å²) in [4.78, 5) is 11.0. The molecule has 0 aliphatic carbocycles. The average Bonchev–Trinajstić information content (AvgIpc) is 2.93. The van der Waals surface area contributed by atoms with Gasteiger partial charge in [-0.05, 0) is 10.3 Å². The van der Waals surface area contributed by atoms with Crippen molar-refractivity contribution >= 4 is 23.5 Å². The Morgan fingerprint density at radius 3 is 3.00 bits per heavy atom. The zero-order valence-corrected chi connectivity index (χ0v) is 11.3. The van der Waals surface area contributed by atoms with Gasteiger partial charge >= 0.3 is 0 Å². The van der Waals surface area contributed by atoms with Crippen molar-refractivity contribution in [1.82, 2.24) is 25.1 Å². The number of carbonyl (C=O) groups excluding carboxylic acids is 1. The Bertz CT molecular complexity index is 605. The summed E-state index contributed by atoms with van der Waals surface area (Å²) < 4.78 is 6.38. The second-order valence-corrected chi connectivity index (χ2v) is 4.59. The number of carbonyl (C=O) groups is 1. The van der Waals surface area contributed by atoms with Crippen LogP contribution in [0.3, 0.4) is 0 Å². The second kappa shape index (κ2) is 5.65. The van der Waals surface area contributed by atoms with Crippen molar-refractivity contribution < 1.29 is 9.42 Å². The summed E-state index contributed by atoms with van der Waals surface area (Å²) >= 11 is 1.49. The predicted molar refractivity (Wildman–Crippen MR) is 69.5 cm³/mol. The highest BCUT2D eigenvalue weighted by molar-refractivity contribution is 7.99. The molecule has 2 aromatic rings. The molecule has 0 unspecified atom stereocenters. The van der Waals surface area contributed by atoms with Crippen molar-refractivity contribution in [3.05, 3.63) is 12.7 Å². The lowest BCUT2D eigenvalue weighted by Crippen LogP contribution is -2.08. The van der Waals surface area contributed by atoms with E-state index >= 15 is 0 Å². The van der Waals surface area contributed by atoms with E-state index in [0.717, 1.165) is 5.75 Å². The molecule has 8 nitrogen and oxygen atoms in total. The molecule has 0 fully saturated rings. The highest BCUT2D eigenvalue weighted by Crippen LogP contribution is 2.25. The van der Waals surface area contributed by atoms with Crippen LogP contribution in [-0.2, 0) is 11.8 Å². The fourth-order valence-corrected chi connectivity index (χ4v) is 2.01. The van der Waals surface area contributed by atoms with E-state index in [1.165, 1.54) is 18.7 Å². The van der Waals surface area contributed by atoms with E-state index in [1.807, 2.05) is 0 Å². The molecule has 2 rings (SSSR count). The van der Waals surface area contributed by atoms with Crippen LogP contribution in [-0.4, -0.2) is 36.7 Å². The molecule has 0 bridgehead atoms. The molecule has 9 heteroatoms. The highest BCUT2D eigenvalue weighted by Gasteiger charge is 2.20. The minimum Gasteiger partial charge on any atom is -0.306 e. The normalized spacial score (nSPS) is 10.4. The van der Waals surface area contributed by atoms with Crippen LogP contribution in [0.1, 0.15) is 6.92 Å². The van der Waals surface area contributed by atoms with Gasteiger partial charge < -0.3 is 9.88 Å². The van der Waals surface area contributed by atoms with E-state index < -0.39 is 0 Å². The van der Waals surface area contributed by atoms with Crippen LogP contribution in [0.5, 0.6) is 0 Å². The Kier molecular flexibility index (Phi) is 3.95. The number of thioether (sulfide) groups is 1. The molecule has 0 atom stereocenters. The lowest BCUT2D eigenvalue weighted by atomic mass is 10.4. The van der Waals surface area contributed by atoms with E-state index in [0.29, 0.717) is 16.7 Å². The predicted octanol–water partition coefficient (Wildman–Crippen LogP) is 1.10. The van der Waals surface area contributed by atoms with Crippen LogP contribution in [0, 0.1) is 0 Å². The molecule has 0 aromatic carbocycles. The summed E-state index contributed by atoms with van der Waals surface area (Å²) in [5, 5.41) is 18.7. The Morgan fingerprint density at radius 1 is 1.53 bits per heavy atom. The fourth-order valence-electron chi connectivity index (χ4n) is 1.36. The van der Waals surface area contributed by atoms with Gasteiger partial charge in [-0.25, -0.2) is 4.63 Å². The van der Waals surface area contributed by atoms with Crippen molar-refractivity contribution in [2.24, 2.45) is 7.05 Å². The van der Waals surface area contributed by atoms with Crippen molar-refractivity contribution in [3.8, 4) is 11.5 Å². The summed E-state index contributed by atoms with van der Waals surface area (Å²) in [6.07, 6.45) is 1.78. The monoisotopic (exact) mass is 280 g/mol. The topological polar surface area (TPSA) is 98.7 Å². The Morgan fingerprint density at radius 2 is 2.32 bits per heavy atom. The summed E-state index contributed by atoms with van der Waals surface area (Å²) in [7, 11) is 1.80. The van der Waals surface area contributed by atoms with Gasteiger partial charge in [0.2, 0.25) is 11.7 Å². The molecule has 0 saturated heterocycles. The summed E-state index contributed by atoms with van der Waals surface area (Å²) in [6.45, 7) is 5.02. The number of nitrogens with one attached hydrogen (secondary N) is 1. The average molecular weight is 280 g/mol. The number of amides is 1. The van der Waals surface area contributed by atoms with Crippen LogP contribution < -0.4 is 5.32 Å². The van der Waals surface area contributed by atoms with E-state index in [1.54, 1.807) is 17.7 Å². The smallest absolute Gasteiger partial charge is 0.222 e. The standard InChI is InChI=1S/C10H12N6O2S/c1-4-5-19-10-13-12-9(16(10)3)7-8(11-6(2)17)15-18-14-7/h4H,1,5H2,2-3H3,(H,11,15,17). The van der Waals surface area contributed by atoms with E-state index in [4.69, 9.17) is 0 Å².